The summed E-state index contributed by atoms with van der Waals surface area (Å²) in [5, 5.41) is 2.97. The zero-order valence-corrected chi connectivity index (χ0v) is 23.1. The maximum Gasteiger partial charge on any atom is 0.262 e. The van der Waals surface area contributed by atoms with Crippen LogP contribution in [0.4, 0.5) is 5.69 Å². The van der Waals surface area contributed by atoms with Crippen LogP contribution in [-0.4, -0.2) is 64.6 Å². The fraction of sp³-hybridized carbons (Fsp3) is 0.312. The van der Waals surface area contributed by atoms with Crippen LogP contribution in [0.15, 0.2) is 66.7 Å². The first kappa shape index (κ1) is 25.9. The molecule has 4 fully saturated rings. The van der Waals surface area contributed by atoms with Crippen LogP contribution in [0.1, 0.15) is 52.0 Å². The Morgan fingerprint density at radius 3 is 2.29 bits per heavy atom. The number of nitrogens with zero attached hydrogens (tertiary/aromatic N) is 3. The summed E-state index contributed by atoms with van der Waals surface area (Å²) in [5.41, 5.74) is 5.20. The molecule has 3 aromatic carbocycles. The van der Waals surface area contributed by atoms with E-state index >= 15 is 0 Å². The van der Waals surface area contributed by atoms with Crippen LogP contribution in [-0.2, 0) is 16.1 Å². The molecule has 3 aromatic rings. The lowest BCUT2D eigenvalue weighted by Crippen LogP contribution is -2.62. The van der Waals surface area contributed by atoms with E-state index in [9.17, 15) is 19.2 Å². The minimum atomic E-state index is -0.959. The zero-order chi connectivity index (χ0) is 28.2. The van der Waals surface area contributed by atoms with Crippen molar-refractivity contribution in [2.75, 3.05) is 18.0 Å². The van der Waals surface area contributed by atoms with Gasteiger partial charge in [0.15, 0.2) is 0 Å². The van der Waals surface area contributed by atoms with Crippen LogP contribution >= 0.6 is 11.6 Å². The molecule has 208 valence electrons. The first-order valence-corrected chi connectivity index (χ1v) is 14.5. The lowest BCUT2D eigenvalue weighted by Gasteiger charge is -2.52. The van der Waals surface area contributed by atoms with Gasteiger partial charge in [0.1, 0.15) is 6.04 Å². The van der Waals surface area contributed by atoms with Gasteiger partial charge in [-0.05, 0) is 66.3 Å². The highest BCUT2D eigenvalue weighted by atomic mass is 35.5. The standard InChI is InChI=1S/C32H29ClN4O4/c33-21-7-5-19(6-8-21)25-4-2-1-3-20(25)16-35-17-24-10-9-23(35)18-36(24)22-11-12-26-27(15-22)32(41)37(31(26)40)28-13-14-29(38)34-30(28)39/h1-8,11-12,15,23-24,28H,9-10,13-14,16-18H2,(H,34,38,39). The average molecular weight is 569 g/mol. The van der Waals surface area contributed by atoms with Crippen LogP contribution in [0.25, 0.3) is 11.1 Å². The summed E-state index contributed by atoms with van der Waals surface area (Å²) in [5.74, 6) is -1.92. The Morgan fingerprint density at radius 2 is 1.54 bits per heavy atom. The van der Waals surface area contributed by atoms with Gasteiger partial charge in [-0.25, -0.2) is 0 Å². The lowest BCUT2D eigenvalue weighted by molar-refractivity contribution is -0.136. The number of rotatable bonds is 5. The van der Waals surface area contributed by atoms with E-state index in [1.165, 1.54) is 11.1 Å². The van der Waals surface area contributed by atoms with Crippen molar-refractivity contribution in [2.45, 2.75) is 50.4 Å². The molecule has 5 aliphatic rings. The van der Waals surface area contributed by atoms with Gasteiger partial charge in [0.05, 0.1) is 11.1 Å². The van der Waals surface area contributed by atoms with Gasteiger partial charge >= 0.3 is 0 Å². The Balaban J connectivity index is 1.09. The largest absolute Gasteiger partial charge is 0.366 e. The molecule has 8 nitrogen and oxygen atoms in total. The summed E-state index contributed by atoms with van der Waals surface area (Å²) in [6, 6.07) is 21.6. The quantitative estimate of drug-likeness (QED) is 0.463. The molecule has 5 aliphatic heterocycles. The van der Waals surface area contributed by atoms with Crippen molar-refractivity contribution in [1.82, 2.24) is 15.1 Å². The second kappa shape index (κ2) is 10.1. The first-order chi connectivity index (χ1) is 19.9. The fourth-order valence-electron chi connectivity index (χ4n) is 6.85. The number of nitrogens with one attached hydrogen (secondary N) is 1. The molecule has 4 amide bonds. The van der Waals surface area contributed by atoms with Crippen molar-refractivity contribution >= 4 is 40.9 Å². The SMILES string of the molecule is O=C1CCC(N2C(=O)c3ccc(N4CC5CCC4CN5Cc4ccccc4-c4ccc(Cl)cc4)cc3C2=O)C(=O)N1. The second-order valence-corrected chi connectivity index (χ2v) is 11.7. The van der Waals surface area contributed by atoms with Crippen molar-refractivity contribution < 1.29 is 19.2 Å². The van der Waals surface area contributed by atoms with Gasteiger partial charge in [0.25, 0.3) is 11.8 Å². The van der Waals surface area contributed by atoms with E-state index < -0.39 is 23.8 Å². The van der Waals surface area contributed by atoms with Crippen LogP contribution in [0.5, 0.6) is 0 Å². The molecule has 4 saturated heterocycles. The molecule has 5 heterocycles. The topological polar surface area (TPSA) is 90.0 Å². The van der Waals surface area contributed by atoms with Crippen LogP contribution in [0, 0.1) is 0 Å². The molecule has 8 rings (SSSR count). The highest BCUT2D eigenvalue weighted by Crippen LogP contribution is 2.37. The van der Waals surface area contributed by atoms with Crippen molar-refractivity contribution in [3.05, 3.63) is 88.4 Å². The predicted molar refractivity (Wildman–Crippen MR) is 155 cm³/mol. The molecule has 2 bridgehead atoms. The molecule has 9 heteroatoms. The first-order valence-electron chi connectivity index (χ1n) is 14.1. The number of piperazine rings is 1. The van der Waals surface area contributed by atoms with E-state index in [0.717, 1.165) is 53.6 Å². The third kappa shape index (κ3) is 4.51. The summed E-state index contributed by atoms with van der Waals surface area (Å²) in [7, 11) is 0. The lowest BCUT2D eigenvalue weighted by atomic mass is 9.89. The fourth-order valence-corrected chi connectivity index (χ4v) is 6.98. The summed E-state index contributed by atoms with van der Waals surface area (Å²) in [6.07, 6.45) is 2.42. The number of fused-ring (bicyclic) bond motifs is 4. The molecule has 3 atom stereocenters. The molecular formula is C32H29ClN4O4. The van der Waals surface area contributed by atoms with Gasteiger partial charge < -0.3 is 4.90 Å². The number of hydrogen-bond donors (Lipinski definition) is 1. The highest BCUT2D eigenvalue weighted by molar-refractivity contribution is 6.30. The average Bonchev–Trinajstić information content (AvgIpc) is 3.23. The minimum absolute atomic E-state index is 0.104. The van der Waals surface area contributed by atoms with Crippen molar-refractivity contribution in [3.8, 4) is 11.1 Å². The smallest absolute Gasteiger partial charge is 0.262 e. The van der Waals surface area contributed by atoms with E-state index in [2.05, 4.69) is 51.5 Å². The number of amides is 4. The number of halogens is 1. The Labute approximate surface area is 242 Å². The predicted octanol–water partition coefficient (Wildman–Crippen LogP) is 4.26. The Morgan fingerprint density at radius 1 is 0.780 bits per heavy atom. The molecule has 0 radical (unpaired) electrons. The molecule has 0 saturated carbocycles. The molecular weight excluding hydrogens is 540 g/mol. The number of carbonyl (C=O) groups is 4. The van der Waals surface area contributed by atoms with Crippen molar-refractivity contribution in [1.29, 1.82) is 0 Å². The number of benzene rings is 3. The Kier molecular flexibility index (Phi) is 6.40. The Hall–Kier alpha value is -4.01. The normalized spacial score (nSPS) is 24.2. The maximum absolute atomic E-state index is 13.4. The van der Waals surface area contributed by atoms with Gasteiger partial charge in [0.2, 0.25) is 11.8 Å². The van der Waals surface area contributed by atoms with E-state index in [-0.39, 0.29) is 18.7 Å². The molecule has 41 heavy (non-hydrogen) atoms. The van der Waals surface area contributed by atoms with Gasteiger partial charge in [-0.15, -0.1) is 0 Å². The molecule has 0 aliphatic carbocycles. The minimum Gasteiger partial charge on any atom is -0.366 e. The number of carbonyl (C=O) groups excluding carboxylic acids is 4. The second-order valence-electron chi connectivity index (χ2n) is 11.3. The van der Waals surface area contributed by atoms with Crippen LogP contribution in [0.3, 0.4) is 0 Å². The van der Waals surface area contributed by atoms with Crippen LogP contribution in [0.2, 0.25) is 5.02 Å². The Bertz CT molecular complexity index is 1590. The molecule has 0 aromatic heterocycles. The molecule has 0 spiro atoms. The number of imide groups is 2. The van der Waals surface area contributed by atoms with Crippen LogP contribution < -0.4 is 10.2 Å². The third-order valence-electron chi connectivity index (χ3n) is 8.94. The van der Waals surface area contributed by atoms with E-state index in [0.29, 0.717) is 23.2 Å². The van der Waals surface area contributed by atoms with E-state index in [4.69, 9.17) is 11.6 Å². The summed E-state index contributed by atoms with van der Waals surface area (Å²) in [4.78, 5) is 56.4. The summed E-state index contributed by atoms with van der Waals surface area (Å²) < 4.78 is 0. The third-order valence-corrected chi connectivity index (χ3v) is 9.20. The maximum atomic E-state index is 13.4. The van der Waals surface area contributed by atoms with Crippen molar-refractivity contribution in [3.63, 3.8) is 0 Å². The highest BCUT2D eigenvalue weighted by Gasteiger charge is 2.45. The monoisotopic (exact) mass is 568 g/mol. The number of piperidine rings is 3. The van der Waals surface area contributed by atoms with Gasteiger partial charge in [-0.2, -0.15) is 0 Å². The summed E-state index contributed by atoms with van der Waals surface area (Å²) in [6.45, 7) is 2.60. The van der Waals surface area contributed by atoms with Gasteiger partial charge in [-0.3, -0.25) is 34.3 Å². The molecule has 3 unspecified atom stereocenters. The van der Waals surface area contributed by atoms with E-state index in [1.807, 2.05) is 24.3 Å². The van der Waals surface area contributed by atoms with Gasteiger partial charge in [0, 0.05) is 48.8 Å². The summed E-state index contributed by atoms with van der Waals surface area (Å²) >= 11 is 6.12. The van der Waals surface area contributed by atoms with Crippen molar-refractivity contribution in [2.24, 2.45) is 0 Å². The number of hydrogen-bond acceptors (Lipinski definition) is 6. The van der Waals surface area contributed by atoms with E-state index in [1.54, 1.807) is 6.07 Å². The number of anilines is 1. The van der Waals surface area contributed by atoms with Gasteiger partial charge in [-0.1, -0.05) is 48.0 Å². The molecule has 1 N–H and O–H groups in total. The zero-order valence-electron chi connectivity index (χ0n) is 22.4.